The molecular weight excluding hydrogens is 369 g/mol. The van der Waals surface area contributed by atoms with Crippen LogP contribution in [0.15, 0.2) is 47.3 Å². The zero-order chi connectivity index (χ0) is 20.5. The number of fused-ring (bicyclic) bond motifs is 3. The number of halogens is 1. The maximum Gasteiger partial charge on any atom is 0.326 e. The van der Waals surface area contributed by atoms with Crippen LogP contribution in [0.1, 0.15) is 25.0 Å². The molecule has 29 heavy (non-hydrogen) atoms. The Kier molecular flexibility index (Phi) is 5.07. The Balaban J connectivity index is 1.76. The van der Waals surface area contributed by atoms with Crippen LogP contribution in [0.2, 0.25) is 0 Å². The number of nitrogens with one attached hydrogen (secondary N) is 1. The molecule has 2 aromatic heterocycles. The van der Waals surface area contributed by atoms with Crippen molar-refractivity contribution in [1.29, 1.82) is 0 Å². The third-order valence-corrected chi connectivity index (χ3v) is 5.39. The average molecular weight is 393 g/mol. The highest BCUT2D eigenvalue weighted by atomic mass is 19.1. The van der Waals surface area contributed by atoms with Crippen molar-refractivity contribution in [2.45, 2.75) is 26.9 Å². The van der Waals surface area contributed by atoms with Gasteiger partial charge in [-0.1, -0.05) is 44.2 Å². The molecule has 0 amide bonds. The Morgan fingerprint density at radius 3 is 2.66 bits per heavy atom. The van der Waals surface area contributed by atoms with Gasteiger partial charge in [0.2, 0.25) is 0 Å². The van der Waals surface area contributed by atoms with Crippen LogP contribution in [-0.2, 0) is 13.1 Å². The second kappa shape index (κ2) is 7.67. The van der Waals surface area contributed by atoms with Crippen molar-refractivity contribution >= 4 is 27.8 Å². The summed E-state index contributed by atoms with van der Waals surface area (Å²) in [6.45, 7) is 6.66. The number of rotatable bonds is 6. The van der Waals surface area contributed by atoms with E-state index in [4.69, 9.17) is 5.73 Å². The Morgan fingerprint density at radius 2 is 1.93 bits per heavy atom. The van der Waals surface area contributed by atoms with E-state index in [1.807, 2.05) is 30.3 Å². The number of hydrogen-bond acceptors (Lipinski definition) is 4. The van der Waals surface area contributed by atoms with Gasteiger partial charge in [0.1, 0.15) is 17.2 Å². The number of hydrogen-bond donors (Lipinski definition) is 2. The van der Waals surface area contributed by atoms with Crippen LogP contribution in [0.3, 0.4) is 0 Å². The van der Waals surface area contributed by atoms with Crippen LogP contribution < -0.4 is 11.4 Å². The minimum atomic E-state index is -0.294. The van der Waals surface area contributed by atoms with E-state index in [1.54, 1.807) is 10.6 Å². The molecule has 0 aliphatic heterocycles. The first-order valence-electron chi connectivity index (χ1n) is 9.78. The number of nitrogen functional groups attached to an aromatic ring is 1. The number of aromatic nitrogens is 3. The van der Waals surface area contributed by atoms with E-state index in [2.05, 4.69) is 28.7 Å². The Bertz CT molecular complexity index is 1240. The number of aromatic amines is 1. The lowest BCUT2D eigenvalue weighted by Crippen LogP contribution is -2.23. The zero-order valence-corrected chi connectivity index (χ0v) is 16.6. The second-order valence-corrected chi connectivity index (χ2v) is 7.14. The number of nitrogens with zero attached hydrogens (tertiary/aromatic N) is 3. The van der Waals surface area contributed by atoms with E-state index >= 15 is 0 Å². The maximum absolute atomic E-state index is 14.7. The first kappa shape index (κ1) is 19.1. The summed E-state index contributed by atoms with van der Waals surface area (Å²) in [5.41, 5.74) is 9.04. The molecule has 150 valence electrons. The largest absolute Gasteiger partial charge is 0.382 e. The van der Waals surface area contributed by atoms with Gasteiger partial charge >= 0.3 is 5.69 Å². The number of benzene rings is 2. The van der Waals surface area contributed by atoms with Gasteiger partial charge in [0.05, 0.1) is 17.6 Å². The highest BCUT2D eigenvalue weighted by Crippen LogP contribution is 2.26. The van der Waals surface area contributed by atoms with Gasteiger partial charge in [-0.15, -0.1) is 0 Å². The van der Waals surface area contributed by atoms with Gasteiger partial charge in [-0.05, 0) is 30.8 Å². The van der Waals surface area contributed by atoms with Crippen LogP contribution in [0.5, 0.6) is 0 Å². The van der Waals surface area contributed by atoms with Gasteiger partial charge in [0.15, 0.2) is 0 Å². The van der Waals surface area contributed by atoms with Crippen LogP contribution in [0.25, 0.3) is 21.9 Å². The lowest BCUT2D eigenvalue weighted by molar-refractivity contribution is 0.291. The summed E-state index contributed by atoms with van der Waals surface area (Å²) in [6, 6.07) is 12.7. The summed E-state index contributed by atoms with van der Waals surface area (Å²) in [7, 11) is 0. The number of nitrogens with two attached hydrogens (primary N) is 1. The third-order valence-electron chi connectivity index (χ3n) is 5.39. The van der Waals surface area contributed by atoms with Crippen molar-refractivity contribution in [1.82, 2.24) is 19.4 Å². The number of imidazole rings is 1. The van der Waals surface area contributed by atoms with E-state index in [0.717, 1.165) is 18.5 Å². The molecule has 4 rings (SSSR count). The summed E-state index contributed by atoms with van der Waals surface area (Å²) in [5, 5.41) is 0.827. The van der Waals surface area contributed by atoms with E-state index in [1.165, 1.54) is 6.07 Å². The minimum absolute atomic E-state index is 0.245. The molecule has 3 N–H and O–H groups in total. The molecular formula is C22H24FN5O. The molecule has 0 saturated heterocycles. The molecule has 0 atom stereocenters. The van der Waals surface area contributed by atoms with E-state index < -0.39 is 0 Å². The van der Waals surface area contributed by atoms with Gasteiger partial charge in [-0.2, -0.15) is 0 Å². The molecule has 2 heterocycles. The predicted molar refractivity (Wildman–Crippen MR) is 114 cm³/mol. The summed E-state index contributed by atoms with van der Waals surface area (Å²) in [6.07, 6.45) is 0. The van der Waals surface area contributed by atoms with Gasteiger partial charge < -0.3 is 10.7 Å². The quantitative estimate of drug-likeness (QED) is 0.526. The highest BCUT2D eigenvalue weighted by molar-refractivity contribution is 6.06. The highest BCUT2D eigenvalue weighted by Gasteiger charge is 2.15. The number of H-pyrrole nitrogens is 1. The van der Waals surface area contributed by atoms with Crippen LogP contribution in [0.4, 0.5) is 10.2 Å². The van der Waals surface area contributed by atoms with Crippen molar-refractivity contribution in [2.24, 2.45) is 0 Å². The Labute approximate surface area is 167 Å². The first-order chi connectivity index (χ1) is 14.0. The lowest BCUT2D eigenvalue weighted by Gasteiger charge is -2.18. The van der Waals surface area contributed by atoms with Gasteiger partial charge in [0.25, 0.3) is 0 Å². The number of para-hydroxylation sites is 1. The average Bonchev–Trinajstić information content (AvgIpc) is 3.05. The SMILES string of the molecule is CCN(CC)Cc1ccc(Cn2c(=O)[nH]c3c(N)nc4ccccc4c32)cc1F. The standard InChI is InChI=1S/C22H24FN5O/c1-3-27(4-2)13-15-10-9-14(11-17(15)23)12-28-20-16-7-5-6-8-18(16)25-21(24)19(20)26-22(28)29/h5-11H,3-4,12-13H2,1-2H3,(H2,24,25)(H,26,29). The van der Waals surface area contributed by atoms with E-state index in [-0.39, 0.29) is 23.9 Å². The fourth-order valence-electron chi connectivity index (χ4n) is 3.73. The van der Waals surface area contributed by atoms with Crippen molar-refractivity contribution in [3.63, 3.8) is 0 Å². The fourth-order valence-corrected chi connectivity index (χ4v) is 3.73. The smallest absolute Gasteiger partial charge is 0.326 e. The van der Waals surface area contributed by atoms with Crippen molar-refractivity contribution in [3.05, 3.63) is 69.9 Å². The molecule has 0 bridgehead atoms. The monoisotopic (exact) mass is 393 g/mol. The summed E-state index contributed by atoms with van der Waals surface area (Å²) >= 11 is 0. The molecule has 0 aliphatic rings. The number of pyridine rings is 1. The lowest BCUT2D eigenvalue weighted by atomic mass is 10.1. The second-order valence-electron chi connectivity index (χ2n) is 7.14. The molecule has 0 saturated carbocycles. The van der Waals surface area contributed by atoms with Crippen LogP contribution >= 0.6 is 0 Å². The van der Waals surface area contributed by atoms with Crippen LogP contribution in [0, 0.1) is 5.82 Å². The zero-order valence-electron chi connectivity index (χ0n) is 16.6. The molecule has 0 unspecified atom stereocenters. The topological polar surface area (TPSA) is 79.9 Å². The normalized spacial score (nSPS) is 11.7. The molecule has 0 spiro atoms. The summed E-state index contributed by atoms with van der Waals surface area (Å²) < 4.78 is 16.3. The van der Waals surface area contributed by atoms with E-state index in [0.29, 0.717) is 34.2 Å². The van der Waals surface area contributed by atoms with Gasteiger partial charge in [0, 0.05) is 17.5 Å². The van der Waals surface area contributed by atoms with Crippen LogP contribution in [-0.4, -0.2) is 32.5 Å². The maximum atomic E-state index is 14.7. The molecule has 2 aromatic carbocycles. The Hall–Kier alpha value is -3.19. The molecule has 6 nitrogen and oxygen atoms in total. The summed E-state index contributed by atoms with van der Waals surface area (Å²) in [5.74, 6) is 0.0172. The molecule has 0 fully saturated rings. The Morgan fingerprint density at radius 1 is 1.17 bits per heavy atom. The minimum Gasteiger partial charge on any atom is -0.382 e. The van der Waals surface area contributed by atoms with Gasteiger partial charge in [-0.25, -0.2) is 14.2 Å². The molecule has 0 aliphatic carbocycles. The molecule has 4 aromatic rings. The number of anilines is 1. The predicted octanol–water partition coefficient (Wildman–Crippen LogP) is 3.49. The van der Waals surface area contributed by atoms with Gasteiger partial charge in [-0.3, -0.25) is 9.47 Å². The van der Waals surface area contributed by atoms with Crippen molar-refractivity contribution < 1.29 is 4.39 Å². The molecule has 0 radical (unpaired) electrons. The first-order valence-corrected chi connectivity index (χ1v) is 9.78. The molecule has 7 heteroatoms. The summed E-state index contributed by atoms with van der Waals surface area (Å²) in [4.78, 5) is 22.0. The van der Waals surface area contributed by atoms with E-state index in [9.17, 15) is 9.18 Å². The van der Waals surface area contributed by atoms with Crippen molar-refractivity contribution in [3.8, 4) is 0 Å². The third kappa shape index (κ3) is 3.49. The van der Waals surface area contributed by atoms with Crippen molar-refractivity contribution in [2.75, 3.05) is 18.8 Å². The fraction of sp³-hybridized carbons (Fsp3) is 0.273.